The monoisotopic (exact) mass is 493 g/mol. The van der Waals surface area contributed by atoms with Crippen molar-refractivity contribution in [3.63, 3.8) is 0 Å². The van der Waals surface area contributed by atoms with E-state index in [-0.39, 0.29) is 47.4 Å². The fourth-order valence-corrected chi connectivity index (χ4v) is 3.32. The molecular weight excluding hydrogens is 469 g/mol. The summed E-state index contributed by atoms with van der Waals surface area (Å²) in [6.45, 7) is 5.12. The molecule has 186 valence electrons. The molecule has 1 amide bonds. The number of amides is 1. The second-order valence-corrected chi connectivity index (χ2v) is 7.74. The first-order valence-electron chi connectivity index (χ1n) is 11.1. The molecule has 10 nitrogen and oxygen atoms in total. The van der Waals surface area contributed by atoms with E-state index in [1.807, 2.05) is 19.1 Å². The van der Waals surface area contributed by atoms with E-state index >= 15 is 0 Å². The summed E-state index contributed by atoms with van der Waals surface area (Å²) >= 11 is 0. The molecule has 0 radical (unpaired) electrons. The number of benzene rings is 2. The molecule has 4 rings (SSSR count). The number of nitrogens with one attached hydrogen (secondary N) is 3. The smallest absolute Gasteiger partial charge is 0.342 e. The van der Waals surface area contributed by atoms with Gasteiger partial charge >= 0.3 is 5.97 Å². The van der Waals surface area contributed by atoms with Crippen LogP contribution in [0.3, 0.4) is 0 Å². The summed E-state index contributed by atoms with van der Waals surface area (Å²) in [7, 11) is 0. The highest BCUT2D eigenvalue weighted by atomic mass is 19.1. The number of furan rings is 1. The van der Waals surface area contributed by atoms with Gasteiger partial charge in [-0.1, -0.05) is 17.7 Å². The number of halogens is 1. The number of hydrazine groups is 1. The molecule has 2 aromatic carbocycles. The molecule has 36 heavy (non-hydrogen) atoms. The Labute approximate surface area is 205 Å². The van der Waals surface area contributed by atoms with Crippen molar-refractivity contribution in [3.05, 3.63) is 71.2 Å². The van der Waals surface area contributed by atoms with E-state index in [2.05, 4.69) is 26.1 Å². The molecule has 0 fully saturated rings. The highest BCUT2D eigenvalue weighted by molar-refractivity contribution is 6.08. The minimum absolute atomic E-state index is 0.0859. The Hall–Kier alpha value is -4.67. The van der Waals surface area contributed by atoms with E-state index < -0.39 is 17.7 Å². The largest absolute Gasteiger partial charge is 0.484 e. The van der Waals surface area contributed by atoms with Gasteiger partial charge in [-0.25, -0.2) is 9.18 Å². The molecule has 0 aliphatic rings. The molecule has 0 atom stereocenters. The van der Waals surface area contributed by atoms with Gasteiger partial charge in [-0.3, -0.25) is 15.6 Å². The molecule has 0 aliphatic carbocycles. The molecule has 0 bridgehead atoms. The summed E-state index contributed by atoms with van der Waals surface area (Å²) < 4.78 is 29.6. The Kier molecular flexibility index (Phi) is 7.28. The second kappa shape index (κ2) is 10.7. The molecule has 2 aromatic heterocycles. The van der Waals surface area contributed by atoms with E-state index in [4.69, 9.17) is 13.9 Å². The molecule has 0 saturated carbocycles. The number of ether oxygens (including phenoxy) is 2. The standard InChI is InChI=1S/C25H24FN5O5/c1-4-34-24(33)20-15(3)36-23-21(20)22(28-25(29-23)27-17-9-7-16(26)8-10-17)31-30-19(32)13-35-18-11-5-14(2)6-12-18/h5-12H,4,13H2,1-3H3,(H,30,32)(H2,27,28,29,31). The number of aromatic nitrogens is 2. The molecule has 3 N–H and O–H groups in total. The van der Waals surface area contributed by atoms with E-state index in [0.717, 1.165) is 5.56 Å². The van der Waals surface area contributed by atoms with Gasteiger partial charge in [-0.2, -0.15) is 9.97 Å². The van der Waals surface area contributed by atoms with Gasteiger partial charge in [0.1, 0.15) is 22.9 Å². The van der Waals surface area contributed by atoms with E-state index in [1.165, 1.54) is 24.3 Å². The Balaban J connectivity index is 1.59. The highest BCUT2D eigenvalue weighted by Crippen LogP contribution is 2.31. The summed E-state index contributed by atoms with van der Waals surface area (Å²) in [6, 6.07) is 12.9. The van der Waals surface area contributed by atoms with Crippen LogP contribution < -0.4 is 20.9 Å². The van der Waals surface area contributed by atoms with Gasteiger partial charge in [0.05, 0.1) is 12.0 Å². The van der Waals surface area contributed by atoms with Crippen molar-refractivity contribution in [3.8, 4) is 5.75 Å². The van der Waals surface area contributed by atoms with Crippen LogP contribution in [-0.4, -0.2) is 35.1 Å². The van der Waals surface area contributed by atoms with E-state index in [0.29, 0.717) is 11.4 Å². The molecule has 0 spiro atoms. The zero-order chi connectivity index (χ0) is 25.7. The predicted octanol–water partition coefficient (Wildman–Crippen LogP) is 4.42. The maximum atomic E-state index is 13.3. The number of anilines is 3. The summed E-state index contributed by atoms with van der Waals surface area (Å²) in [4.78, 5) is 33.7. The predicted molar refractivity (Wildman–Crippen MR) is 131 cm³/mol. The SMILES string of the molecule is CCOC(=O)c1c(C)oc2nc(Nc3ccc(F)cc3)nc(NNC(=O)COc3ccc(C)cc3)c12. The third-order valence-electron chi connectivity index (χ3n) is 5.02. The van der Waals surface area contributed by atoms with Gasteiger partial charge in [0.25, 0.3) is 5.91 Å². The summed E-state index contributed by atoms with van der Waals surface area (Å²) in [5, 5.41) is 3.17. The lowest BCUT2D eigenvalue weighted by molar-refractivity contribution is -0.122. The third kappa shape index (κ3) is 5.69. The van der Waals surface area contributed by atoms with Crippen molar-refractivity contribution in [2.75, 3.05) is 24.0 Å². The quantitative estimate of drug-likeness (QED) is 0.229. The molecule has 2 heterocycles. The number of rotatable bonds is 9. The molecule has 11 heteroatoms. The van der Waals surface area contributed by atoms with Crippen molar-refractivity contribution in [2.45, 2.75) is 20.8 Å². The van der Waals surface area contributed by atoms with Crippen molar-refractivity contribution < 1.29 is 27.9 Å². The second-order valence-electron chi connectivity index (χ2n) is 7.74. The van der Waals surface area contributed by atoms with Gasteiger partial charge in [-0.15, -0.1) is 0 Å². The lowest BCUT2D eigenvalue weighted by atomic mass is 10.2. The fourth-order valence-electron chi connectivity index (χ4n) is 3.32. The summed E-state index contributed by atoms with van der Waals surface area (Å²) in [6.07, 6.45) is 0. The first-order chi connectivity index (χ1) is 17.3. The summed E-state index contributed by atoms with van der Waals surface area (Å²) in [5.74, 6) is -0.508. The number of fused-ring (bicyclic) bond motifs is 1. The number of hydrogen-bond acceptors (Lipinski definition) is 9. The van der Waals surface area contributed by atoms with Crippen molar-refractivity contribution in [1.29, 1.82) is 0 Å². The summed E-state index contributed by atoms with van der Waals surface area (Å²) in [5.41, 5.74) is 7.03. The topological polar surface area (TPSA) is 128 Å². The van der Waals surface area contributed by atoms with Gasteiger partial charge in [0, 0.05) is 5.69 Å². The maximum Gasteiger partial charge on any atom is 0.342 e. The van der Waals surface area contributed by atoms with Gasteiger partial charge in [0.2, 0.25) is 11.7 Å². The number of esters is 1. The Morgan fingerprint density at radius 2 is 1.75 bits per heavy atom. The normalized spacial score (nSPS) is 10.7. The van der Waals surface area contributed by atoms with Crippen LogP contribution in [0.2, 0.25) is 0 Å². The number of carbonyl (C=O) groups excluding carboxylic acids is 2. The molecule has 4 aromatic rings. The van der Waals surface area contributed by atoms with Crippen LogP contribution in [-0.2, 0) is 9.53 Å². The zero-order valence-corrected chi connectivity index (χ0v) is 19.8. The Bertz CT molecular complexity index is 1390. The van der Waals surface area contributed by atoms with E-state index in [9.17, 15) is 14.0 Å². The maximum absolute atomic E-state index is 13.3. The first-order valence-corrected chi connectivity index (χ1v) is 11.1. The van der Waals surface area contributed by atoms with Gasteiger partial charge in [-0.05, 0) is 57.2 Å². The van der Waals surface area contributed by atoms with Crippen LogP contribution >= 0.6 is 0 Å². The average molecular weight is 493 g/mol. The van der Waals surface area contributed by atoms with Crippen LogP contribution in [0.1, 0.15) is 28.6 Å². The van der Waals surface area contributed by atoms with Crippen LogP contribution in [0.4, 0.5) is 21.8 Å². The zero-order valence-electron chi connectivity index (χ0n) is 19.8. The Morgan fingerprint density at radius 1 is 1.03 bits per heavy atom. The first kappa shape index (κ1) is 24.5. The fraction of sp³-hybridized carbons (Fsp3) is 0.200. The van der Waals surface area contributed by atoms with Crippen LogP contribution in [0.5, 0.6) is 5.75 Å². The Morgan fingerprint density at radius 3 is 2.44 bits per heavy atom. The van der Waals surface area contributed by atoms with Gasteiger partial charge in [0.15, 0.2) is 12.4 Å². The molecule has 0 aliphatic heterocycles. The van der Waals surface area contributed by atoms with Crippen LogP contribution in [0, 0.1) is 19.7 Å². The van der Waals surface area contributed by atoms with Gasteiger partial charge < -0.3 is 19.2 Å². The van der Waals surface area contributed by atoms with Crippen molar-refractivity contribution >= 4 is 40.4 Å². The third-order valence-corrected chi connectivity index (χ3v) is 5.02. The number of carbonyl (C=O) groups is 2. The lowest BCUT2D eigenvalue weighted by Crippen LogP contribution is -2.34. The number of hydrogen-bond donors (Lipinski definition) is 3. The van der Waals surface area contributed by atoms with Crippen LogP contribution in [0.15, 0.2) is 52.9 Å². The van der Waals surface area contributed by atoms with Crippen molar-refractivity contribution in [2.24, 2.45) is 0 Å². The van der Waals surface area contributed by atoms with E-state index in [1.54, 1.807) is 26.0 Å². The highest BCUT2D eigenvalue weighted by Gasteiger charge is 2.25. The number of nitrogens with zero attached hydrogens (tertiary/aromatic N) is 2. The minimum atomic E-state index is -0.617. The molecule has 0 unspecified atom stereocenters. The number of aryl methyl sites for hydroxylation is 2. The molecular formula is C25H24FN5O5. The van der Waals surface area contributed by atoms with Crippen LogP contribution in [0.25, 0.3) is 11.1 Å². The molecule has 0 saturated heterocycles. The minimum Gasteiger partial charge on any atom is -0.484 e. The average Bonchev–Trinajstić information content (AvgIpc) is 3.19. The van der Waals surface area contributed by atoms with Crippen molar-refractivity contribution in [1.82, 2.24) is 15.4 Å². The lowest BCUT2D eigenvalue weighted by Gasteiger charge is -2.12.